The summed E-state index contributed by atoms with van der Waals surface area (Å²) >= 11 is 0. The van der Waals surface area contributed by atoms with Gasteiger partial charge in [0, 0.05) is 6.20 Å². The summed E-state index contributed by atoms with van der Waals surface area (Å²) < 4.78 is 0. The number of aromatic nitrogens is 4. The molecule has 3 rings (SSSR count). The molecule has 2 heterocycles. The number of carbonyl (C=O) groups excluding carboxylic acids is 1. The number of aromatic amines is 3. The molecule has 1 unspecified atom stereocenters. The fourth-order valence-electron chi connectivity index (χ4n) is 1.97. The molecule has 3 aromatic rings. The summed E-state index contributed by atoms with van der Waals surface area (Å²) in [4.78, 5) is 35.2. The van der Waals surface area contributed by atoms with E-state index in [1.165, 1.54) is 6.20 Å². The Morgan fingerprint density at radius 2 is 2.10 bits per heavy atom. The SMILES string of the molecule is CC(NC(=O)c1c[nH]c(=O)[nH]1)c1nc2ccccc2[nH]1. The first-order valence-corrected chi connectivity index (χ1v) is 6.16. The normalized spacial score (nSPS) is 12.4. The monoisotopic (exact) mass is 271 g/mol. The summed E-state index contributed by atoms with van der Waals surface area (Å²) in [5.74, 6) is 0.300. The van der Waals surface area contributed by atoms with Crippen LogP contribution in [0.2, 0.25) is 0 Å². The quantitative estimate of drug-likeness (QED) is 0.572. The Labute approximate surface area is 113 Å². The third-order valence-electron chi connectivity index (χ3n) is 3.01. The molecule has 0 spiro atoms. The lowest BCUT2D eigenvalue weighted by Crippen LogP contribution is -2.28. The van der Waals surface area contributed by atoms with Gasteiger partial charge in [-0.2, -0.15) is 0 Å². The Kier molecular flexibility index (Phi) is 2.86. The van der Waals surface area contributed by atoms with Gasteiger partial charge in [-0.05, 0) is 19.1 Å². The molecule has 0 radical (unpaired) electrons. The van der Waals surface area contributed by atoms with E-state index in [-0.39, 0.29) is 17.6 Å². The van der Waals surface area contributed by atoms with E-state index in [0.717, 1.165) is 11.0 Å². The zero-order valence-electron chi connectivity index (χ0n) is 10.7. The number of nitrogens with one attached hydrogen (secondary N) is 4. The van der Waals surface area contributed by atoms with Crippen LogP contribution in [0.15, 0.2) is 35.3 Å². The Balaban J connectivity index is 1.80. The van der Waals surface area contributed by atoms with E-state index in [9.17, 15) is 9.59 Å². The minimum atomic E-state index is -0.411. The molecule has 0 aliphatic carbocycles. The highest BCUT2D eigenvalue weighted by Crippen LogP contribution is 2.15. The molecule has 0 bridgehead atoms. The molecule has 0 saturated heterocycles. The number of H-pyrrole nitrogens is 3. The van der Waals surface area contributed by atoms with Crippen LogP contribution in [0.4, 0.5) is 0 Å². The van der Waals surface area contributed by atoms with Gasteiger partial charge in [-0.3, -0.25) is 4.79 Å². The molecule has 1 amide bonds. The summed E-state index contributed by atoms with van der Waals surface area (Å²) in [6.45, 7) is 1.82. The topological polar surface area (TPSA) is 106 Å². The molecular formula is C13H13N5O2. The summed E-state index contributed by atoms with van der Waals surface area (Å²) in [7, 11) is 0. The van der Waals surface area contributed by atoms with Crippen LogP contribution in [0.25, 0.3) is 11.0 Å². The third kappa shape index (κ3) is 2.20. The predicted molar refractivity (Wildman–Crippen MR) is 73.4 cm³/mol. The molecule has 0 fully saturated rings. The van der Waals surface area contributed by atoms with Crippen LogP contribution >= 0.6 is 0 Å². The van der Waals surface area contributed by atoms with E-state index in [1.54, 1.807) is 0 Å². The zero-order chi connectivity index (χ0) is 14.1. The number of fused-ring (bicyclic) bond motifs is 1. The molecule has 1 atom stereocenters. The van der Waals surface area contributed by atoms with Crippen LogP contribution in [-0.2, 0) is 0 Å². The fourth-order valence-corrected chi connectivity index (χ4v) is 1.97. The maximum Gasteiger partial charge on any atom is 0.323 e. The second-order valence-corrected chi connectivity index (χ2v) is 4.49. The Morgan fingerprint density at radius 3 is 2.80 bits per heavy atom. The van der Waals surface area contributed by atoms with Crippen molar-refractivity contribution in [2.45, 2.75) is 13.0 Å². The van der Waals surface area contributed by atoms with Gasteiger partial charge < -0.3 is 20.3 Å². The lowest BCUT2D eigenvalue weighted by atomic mass is 10.3. The van der Waals surface area contributed by atoms with Gasteiger partial charge in [0.25, 0.3) is 5.91 Å². The summed E-state index contributed by atoms with van der Waals surface area (Å²) in [6.07, 6.45) is 1.34. The van der Waals surface area contributed by atoms with Gasteiger partial charge in [0.15, 0.2) is 0 Å². The second-order valence-electron chi connectivity index (χ2n) is 4.49. The van der Waals surface area contributed by atoms with Crippen molar-refractivity contribution < 1.29 is 4.79 Å². The van der Waals surface area contributed by atoms with Crippen molar-refractivity contribution in [1.29, 1.82) is 0 Å². The van der Waals surface area contributed by atoms with E-state index >= 15 is 0 Å². The van der Waals surface area contributed by atoms with Crippen molar-refractivity contribution in [3.05, 3.63) is 52.5 Å². The number of rotatable bonds is 3. The van der Waals surface area contributed by atoms with Gasteiger partial charge in [0.1, 0.15) is 11.5 Å². The molecule has 0 aliphatic rings. The van der Waals surface area contributed by atoms with Crippen molar-refractivity contribution in [3.8, 4) is 0 Å². The number of imidazole rings is 2. The first-order chi connectivity index (χ1) is 9.63. The molecular weight excluding hydrogens is 258 g/mol. The van der Waals surface area contributed by atoms with Gasteiger partial charge >= 0.3 is 5.69 Å². The Bertz CT molecular complexity index is 780. The lowest BCUT2D eigenvalue weighted by molar-refractivity contribution is 0.0934. The highest BCUT2D eigenvalue weighted by molar-refractivity contribution is 5.92. The summed E-state index contributed by atoms with van der Waals surface area (Å²) in [5.41, 5.74) is 1.54. The molecule has 102 valence electrons. The predicted octanol–water partition coefficient (Wildman–Crippen LogP) is 1.07. The van der Waals surface area contributed by atoms with E-state index in [0.29, 0.717) is 5.82 Å². The maximum atomic E-state index is 11.9. The van der Waals surface area contributed by atoms with E-state index in [1.807, 2.05) is 31.2 Å². The second kappa shape index (κ2) is 4.69. The molecule has 20 heavy (non-hydrogen) atoms. The molecule has 7 nitrogen and oxygen atoms in total. The molecule has 0 aliphatic heterocycles. The van der Waals surface area contributed by atoms with Crippen LogP contribution in [-0.4, -0.2) is 25.8 Å². The third-order valence-corrected chi connectivity index (χ3v) is 3.01. The lowest BCUT2D eigenvalue weighted by Gasteiger charge is -2.09. The van der Waals surface area contributed by atoms with Crippen molar-refractivity contribution >= 4 is 16.9 Å². The maximum absolute atomic E-state index is 11.9. The van der Waals surface area contributed by atoms with Crippen LogP contribution in [0, 0.1) is 0 Å². The number of hydrogen-bond acceptors (Lipinski definition) is 3. The van der Waals surface area contributed by atoms with E-state index in [2.05, 4.69) is 25.3 Å². The van der Waals surface area contributed by atoms with Crippen molar-refractivity contribution in [2.75, 3.05) is 0 Å². The largest absolute Gasteiger partial charge is 0.341 e. The minimum absolute atomic E-state index is 0.193. The highest BCUT2D eigenvalue weighted by atomic mass is 16.2. The highest BCUT2D eigenvalue weighted by Gasteiger charge is 2.15. The fraction of sp³-hybridized carbons (Fsp3) is 0.154. The minimum Gasteiger partial charge on any atom is -0.341 e. The number of amides is 1. The number of nitrogens with zero attached hydrogens (tertiary/aromatic N) is 1. The molecule has 4 N–H and O–H groups in total. The van der Waals surface area contributed by atoms with Crippen molar-refractivity contribution in [3.63, 3.8) is 0 Å². The first-order valence-electron chi connectivity index (χ1n) is 6.16. The number of benzene rings is 1. The average Bonchev–Trinajstić information content (AvgIpc) is 3.04. The molecule has 7 heteroatoms. The number of carbonyl (C=O) groups is 1. The van der Waals surface area contributed by atoms with Gasteiger partial charge in [0.2, 0.25) is 0 Å². The van der Waals surface area contributed by atoms with Crippen LogP contribution in [0.3, 0.4) is 0 Å². The summed E-state index contributed by atoms with van der Waals surface area (Å²) in [6, 6.07) is 7.34. The van der Waals surface area contributed by atoms with Crippen molar-refractivity contribution in [2.24, 2.45) is 0 Å². The van der Waals surface area contributed by atoms with Crippen LogP contribution in [0.1, 0.15) is 29.3 Å². The standard InChI is InChI=1S/C13H13N5O2/c1-7(15-12(19)10-6-14-13(20)18-10)11-16-8-4-2-3-5-9(8)17-11/h2-7H,1H3,(H,15,19)(H,16,17)(H2,14,18,20). The van der Waals surface area contributed by atoms with Gasteiger partial charge in [0.05, 0.1) is 17.1 Å². The van der Waals surface area contributed by atoms with Crippen LogP contribution in [0.5, 0.6) is 0 Å². The van der Waals surface area contributed by atoms with Gasteiger partial charge in [-0.25, -0.2) is 9.78 Å². The molecule has 0 saturated carbocycles. The Hall–Kier alpha value is -2.83. The van der Waals surface area contributed by atoms with Gasteiger partial charge in [-0.1, -0.05) is 12.1 Å². The smallest absolute Gasteiger partial charge is 0.323 e. The number of hydrogen-bond donors (Lipinski definition) is 4. The zero-order valence-corrected chi connectivity index (χ0v) is 10.7. The van der Waals surface area contributed by atoms with E-state index < -0.39 is 5.69 Å². The molecule has 2 aromatic heterocycles. The number of para-hydroxylation sites is 2. The van der Waals surface area contributed by atoms with Crippen LogP contribution < -0.4 is 11.0 Å². The summed E-state index contributed by atoms with van der Waals surface area (Å²) in [5, 5.41) is 2.76. The molecule has 1 aromatic carbocycles. The first kappa shape index (κ1) is 12.2. The van der Waals surface area contributed by atoms with Crippen molar-refractivity contribution in [1.82, 2.24) is 25.3 Å². The van der Waals surface area contributed by atoms with E-state index in [4.69, 9.17) is 0 Å². The van der Waals surface area contributed by atoms with Gasteiger partial charge in [-0.15, -0.1) is 0 Å². The Morgan fingerprint density at radius 1 is 1.30 bits per heavy atom. The average molecular weight is 271 g/mol.